The molecule has 6 N–H and O–H groups in total. The molecule has 0 amide bonds. The molecule has 0 aliphatic heterocycles. The lowest BCUT2D eigenvalue weighted by atomic mass is 10.0. The first-order chi connectivity index (χ1) is 6.99. The smallest absolute Gasteiger partial charge is 0.155 e. The van der Waals surface area contributed by atoms with Crippen LogP contribution in [0.3, 0.4) is 0 Å². The van der Waals surface area contributed by atoms with Gasteiger partial charge in [-0.1, -0.05) is 0 Å². The second-order valence-corrected chi connectivity index (χ2v) is 4.25. The van der Waals surface area contributed by atoms with E-state index in [2.05, 4.69) is 5.32 Å². The van der Waals surface area contributed by atoms with Crippen molar-refractivity contribution in [3.8, 4) is 0 Å². The number of β-amino-alcohol motifs (C(OH)–C–C–N with tert-alkyl or cyclic N) is 1. The lowest BCUT2D eigenvalue weighted by Gasteiger charge is -2.29. The van der Waals surface area contributed by atoms with Crippen molar-refractivity contribution in [2.24, 2.45) is 0 Å². The fraction of sp³-hybridized carbons (Fsp3) is 1.00. The van der Waals surface area contributed by atoms with Crippen LogP contribution in [0.1, 0.15) is 0 Å². The second kappa shape index (κ2) is 7.23. The third kappa shape index (κ3) is 5.52. The van der Waals surface area contributed by atoms with Crippen LogP contribution >= 0.6 is 0 Å². The molecule has 0 rings (SSSR count). The average molecular weight is 243 g/mol. The molecule has 0 aromatic heterocycles. The van der Waals surface area contributed by atoms with Crippen molar-refractivity contribution in [2.45, 2.75) is 11.6 Å². The van der Waals surface area contributed by atoms with Gasteiger partial charge in [-0.3, -0.25) is 0 Å². The Hall–Kier alpha value is -0.0900. The Kier molecular flexibility index (Phi) is 7.18. The highest BCUT2D eigenvalue weighted by Gasteiger charge is 2.28. The second-order valence-electron chi connectivity index (χ2n) is 3.28. The van der Waals surface area contributed by atoms with Gasteiger partial charge in [-0.2, -0.15) is 0 Å². The first kappa shape index (κ1) is 14.9. The quantitative estimate of drug-likeness (QED) is 0.249. The summed E-state index contributed by atoms with van der Waals surface area (Å²) in [6.07, 6.45) is -1.08. The lowest BCUT2D eigenvalue weighted by molar-refractivity contribution is 0.0343. The first-order valence-corrected chi connectivity index (χ1v) is 5.60. The fourth-order valence-electron chi connectivity index (χ4n) is 0.876. The van der Waals surface area contributed by atoms with E-state index in [1.54, 1.807) is 0 Å². The minimum atomic E-state index is -2.11. The molecule has 2 atom stereocenters. The number of aliphatic hydroxyl groups excluding tert-OH is 4. The van der Waals surface area contributed by atoms with Crippen molar-refractivity contribution in [2.75, 3.05) is 32.1 Å². The van der Waals surface area contributed by atoms with Gasteiger partial charge in [0.1, 0.15) is 0 Å². The van der Waals surface area contributed by atoms with Crippen molar-refractivity contribution < 1.29 is 29.2 Å². The summed E-state index contributed by atoms with van der Waals surface area (Å²) in [6, 6.07) is 0. The van der Waals surface area contributed by atoms with Crippen molar-refractivity contribution >= 4 is 11.1 Å². The zero-order valence-electron chi connectivity index (χ0n) is 8.17. The van der Waals surface area contributed by atoms with Crippen LogP contribution in [-0.4, -0.2) is 72.9 Å². The molecular formula is C7H17NO6S. The van der Waals surface area contributed by atoms with Crippen LogP contribution in [0.4, 0.5) is 0 Å². The molecule has 0 spiro atoms. The van der Waals surface area contributed by atoms with Crippen molar-refractivity contribution in [3.63, 3.8) is 0 Å². The molecule has 0 aromatic rings. The van der Waals surface area contributed by atoms with Crippen LogP contribution in [0.5, 0.6) is 0 Å². The molecule has 0 aliphatic carbocycles. The highest BCUT2D eigenvalue weighted by molar-refractivity contribution is 7.79. The van der Waals surface area contributed by atoms with Gasteiger partial charge in [0.05, 0.1) is 37.2 Å². The first-order valence-electron chi connectivity index (χ1n) is 4.33. The van der Waals surface area contributed by atoms with Crippen LogP contribution in [-0.2, 0) is 11.1 Å². The third-order valence-electron chi connectivity index (χ3n) is 1.96. The lowest BCUT2D eigenvalue weighted by Crippen LogP contribution is -2.57. The van der Waals surface area contributed by atoms with Gasteiger partial charge >= 0.3 is 0 Å². The van der Waals surface area contributed by atoms with Gasteiger partial charge in [0.25, 0.3) is 0 Å². The van der Waals surface area contributed by atoms with Crippen LogP contribution in [0.15, 0.2) is 0 Å². The normalized spacial score (nSPS) is 16.3. The summed E-state index contributed by atoms with van der Waals surface area (Å²) in [5, 5.41) is 38.4. The Labute approximate surface area is 90.0 Å². The van der Waals surface area contributed by atoms with E-state index in [1.165, 1.54) is 0 Å². The predicted octanol–water partition coefficient (Wildman–Crippen LogP) is -3.13. The molecule has 0 saturated carbocycles. The summed E-state index contributed by atoms with van der Waals surface area (Å²) in [4.78, 5) is 0. The zero-order chi connectivity index (χ0) is 11.9. The molecule has 92 valence electrons. The standard InChI is InChI=1S/C7H17NO6S/c9-3-7(4-10,5-11)8-1-6(12)2-15(13)14/h6,8-12H,1-5H2,(H,13,14). The summed E-state index contributed by atoms with van der Waals surface area (Å²) in [5.74, 6) is -0.328. The maximum Gasteiger partial charge on any atom is 0.155 e. The highest BCUT2D eigenvalue weighted by atomic mass is 32.2. The summed E-state index contributed by atoms with van der Waals surface area (Å²) in [7, 11) is 0. The number of hydrogen-bond acceptors (Lipinski definition) is 6. The van der Waals surface area contributed by atoms with Crippen molar-refractivity contribution in [1.29, 1.82) is 0 Å². The van der Waals surface area contributed by atoms with Crippen LogP contribution in [0.25, 0.3) is 0 Å². The average Bonchev–Trinajstić information content (AvgIpc) is 2.20. The molecule has 0 bridgehead atoms. The summed E-state index contributed by atoms with van der Waals surface area (Å²) in [6.45, 7) is -1.62. The molecule has 0 heterocycles. The molecule has 2 unspecified atom stereocenters. The van der Waals surface area contributed by atoms with Crippen LogP contribution in [0, 0.1) is 0 Å². The molecule has 0 saturated heterocycles. The number of aliphatic hydroxyl groups is 4. The maximum atomic E-state index is 10.3. The minimum absolute atomic E-state index is 0.103. The zero-order valence-corrected chi connectivity index (χ0v) is 8.98. The Morgan fingerprint density at radius 2 is 1.67 bits per heavy atom. The van der Waals surface area contributed by atoms with E-state index in [0.29, 0.717) is 0 Å². The molecule has 0 radical (unpaired) electrons. The van der Waals surface area contributed by atoms with Gasteiger partial charge in [0.15, 0.2) is 11.1 Å². The SMILES string of the molecule is O=S(O)CC(O)CNC(CO)(CO)CO. The molecule has 7 nitrogen and oxygen atoms in total. The van der Waals surface area contributed by atoms with Gasteiger partial charge < -0.3 is 30.3 Å². The molecular weight excluding hydrogens is 226 g/mol. The van der Waals surface area contributed by atoms with Gasteiger partial charge in [-0.15, -0.1) is 0 Å². The van der Waals surface area contributed by atoms with E-state index in [-0.39, 0.29) is 12.3 Å². The van der Waals surface area contributed by atoms with Crippen molar-refractivity contribution in [1.82, 2.24) is 5.32 Å². The molecule has 0 aromatic carbocycles. The Bertz CT molecular complexity index is 190. The van der Waals surface area contributed by atoms with E-state index < -0.39 is 42.5 Å². The third-order valence-corrected chi connectivity index (χ3v) is 2.63. The van der Waals surface area contributed by atoms with E-state index >= 15 is 0 Å². The molecule has 0 aliphatic rings. The minimum Gasteiger partial charge on any atom is -0.394 e. The summed E-state index contributed by atoms with van der Waals surface area (Å²) in [5.41, 5.74) is -1.28. The van der Waals surface area contributed by atoms with E-state index in [9.17, 15) is 9.32 Å². The Morgan fingerprint density at radius 1 is 1.20 bits per heavy atom. The van der Waals surface area contributed by atoms with Crippen molar-refractivity contribution in [3.05, 3.63) is 0 Å². The number of hydrogen-bond donors (Lipinski definition) is 6. The fourth-order valence-corrected chi connectivity index (χ4v) is 1.32. The topological polar surface area (TPSA) is 130 Å². The van der Waals surface area contributed by atoms with Crippen LogP contribution < -0.4 is 5.32 Å². The molecule has 0 fully saturated rings. The largest absolute Gasteiger partial charge is 0.394 e. The monoisotopic (exact) mass is 243 g/mol. The van der Waals surface area contributed by atoms with E-state index in [0.717, 1.165) is 0 Å². The van der Waals surface area contributed by atoms with Crippen LogP contribution in [0.2, 0.25) is 0 Å². The summed E-state index contributed by atoms with van der Waals surface area (Å²) < 4.78 is 18.8. The van der Waals surface area contributed by atoms with E-state index in [4.69, 9.17) is 19.9 Å². The van der Waals surface area contributed by atoms with Gasteiger partial charge in [0, 0.05) is 6.54 Å². The van der Waals surface area contributed by atoms with Gasteiger partial charge in [0.2, 0.25) is 0 Å². The van der Waals surface area contributed by atoms with E-state index in [1.807, 2.05) is 0 Å². The Balaban J connectivity index is 4.04. The predicted molar refractivity (Wildman–Crippen MR) is 53.6 cm³/mol. The Morgan fingerprint density at radius 3 is 2.00 bits per heavy atom. The number of nitrogens with one attached hydrogen (secondary N) is 1. The molecule has 8 heteroatoms. The highest BCUT2D eigenvalue weighted by Crippen LogP contribution is 2.01. The summed E-state index contributed by atoms with van der Waals surface area (Å²) >= 11 is -2.11. The maximum absolute atomic E-state index is 10.3. The van der Waals surface area contributed by atoms with Gasteiger partial charge in [-0.25, -0.2) is 4.21 Å². The van der Waals surface area contributed by atoms with Gasteiger partial charge in [-0.05, 0) is 0 Å². The molecule has 15 heavy (non-hydrogen) atoms. The number of rotatable bonds is 8.